The molecule has 0 aliphatic heterocycles. The lowest BCUT2D eigenvalue weighted by Crippen LogP contribution is -2.30. The van der Waals surface area contributed by atoms with Crippen LogP contribution in [0.3, 0.4) is 0 Å². The fourth-order valence-electron chi connectivity index (χ4n) is 3.84. The quantitative estimate of drug-likeness (QED) is 0.310. The van der Waals surface area contributed by atoms with Gasteiger partial charge in [-0.2, -0.15) is 0 Å². The Labute approximate surface area is 212 Å². The van der Waals surface area contributed by atoms with Gasteiger partial charge >= 0.3 is 0 Å². The van der Waals surface area contributed by atoms with Gasteiger partial charge in [0.2, 0.25) is 0 Å². The van der Waals surface area contributed by atoms with Gasteiger partial charge in [-0.1, -0.05) is 60.7 Å². The maximum atomic E-state index is 13.5. The Hall–Kier alpha value is -4.10. The van der Waals surface area contributed by atoms with Crippen LogP contribution in [0.15, 0.2) is 114 Å². The van der Waals surface area contributed by atoms with Crippen LogP contribution < -0.4 is 9.04 Å². The van der Waals surface area contributed by atoms with Crippen molar-refractivity contribution in [1.82, 2.24) is 4.90 Å². The maximum absolute atomic E-state index is 13.5. The Morgan fingerprint density at radius 1 is 0.722 bits per heavy atom. The normalized spacial score (nSPS) is 11.1. The minimum atomic E-state index is -3.78. The highest BCUT2D eigenvalue weighted by atomic mass is 32.2. The number of methoxy groups -OCH3 is 1. The third kappa shape index (κ3) is 5.75. The van der Waals surface area contributed by atoms with E-state index in [0.29, 0.717) is 17.8 Å². The molecule has 4 aromatic rings. The van der Waals surface area contributed by atoms with E-state index in [-0.39, 0.29) is 17.3 Å². The molecule has 0 spiro atoms. The van der Waals surface area contributed by atoms with Gasteiger partial charge in [0.25, 0.3) is 15.9 Å². The second kappa shape index (κ2) is 11.1. The van der Waals surface area contributed by atoms with Gasteiger partial charge in [-0.05, 0) is 59.7 Å². The van der Waals surface area contributed by atoms with Crippen LogP contribution in [0.2, 0.25) is 0 Å². The van der Waals surface area contributed by atoms with Crippen molar-refractivity contribution in [2.24, 2.45) is 0 Å². The van der Waals surface area contributed by atoms with Crippen molar-refractivity contribution in [3.63, 3.8) is 0 Å². The van der Waals surface area contributed by atoms with Gasteiger partial charge in [-0.15, -0.1) is 0 Å². The Morgan fingerprint density at radius 3 is 1.83 bits per heavy atom. The molecule has 0 saturated heterocycles. The number of amides is 1. The molecule has 184 valence electrons. The molecule has 0 aliphatic carbocycles. The first kappa shape index (κ1) is 25.0. The molecule has 1 amide bonds. The number of nitrogens with zero attached hydrogens (tertiary/aromatic N) is 2. The lowest BCUT2D eigenvalue weighted by molar-refractivity contribution is 0.0785. The molecule has 0 radical (unpaired) electrons. The van der Waals surface area contributed by atoms with Crippen molar-refractivity contribution in [2.75, 3.05) is 18.5 Å². The summed E-state index contributed by atoms with van der Waals surface area (Å²) in [5, 5.41) is 0. The van der Waals surface area contributed by atoms with Crippen molar-refractivity contribution in [2.45, 2.75) is 18.0 Å². The first-order valence-corrected chi connectivity index (χ1v) is 12.9. The molecule has 0 heterocycles. The summed E-state index contributed by atoms with van der Waals surface area (Å²) in [6, 6.07) is 32.0. The molecular weight excluding hydrogens is 472 g/mol. The standard InChI is InChI=1S/C29H28N2O4S/c1-30(21-23-15-19-27(35-2)20-16-23)29(32)25-17-13-24(14-18-25)22-31(26-9-5-3-6-10-26)36(33,34)28-11-7-4-8-12-28/h3-20H,21-22H2,1-2H3. The van der Waals surface area contributed by atoms with Crippen molar-refractivity contribution >= 4 is 21.6 Å². The summed E-state index contributed by atoms with van der Waals surface area (Å²) < 4.78 is 33.5. The number of anilines is 1. The number of benzene rings is 4. The number of ether oxygens (including phenoxy) is 1. The molecule has 4 aromatic carbocycles. The first-order chi connectivity index (χ1) is 17.4. The zero-order valence-corrected chi connectivity index (χ0v) is 21.1. The van der Waals surface area contributed by atoms with Crippen molar-refractivity contribution in [3.8, 4) is 5.75 Å². The largest absolute Gasteiger partial charge is 0.497 e. The summed E-state index contributed by atoms with van der Waals surface area (Å²) in [6.07, 6.45) is 0. The van der Waals surface area contributed by atoms with Crippen LogP contribution in [0.5, 0.6) is 5.75 Å². The third-order valence-electron chi connectivity index (χ3n) is 5.83. The lowest BCUT2D eigenvalue weighted by Gasteiger charge is -2.25. The van der Waals surface area contributed by atoms with E-state index in [2.05, 4.69) is 0 Å². The first-order valence-electron chi connectivity index (χ1n) is 11.5. The van der Waals surface area contributed by atoms with Crippen molar-refractivity contribution < 1.29 is 17.9 Å². The molecule has 4 rings (SSSR count). The Bertz CT molecular complexity index is 1390. The van der Waals surface area contributed by atoms with E-state index in [1.54, 1.807) is 85.8 Å². The summed E-state index contributed by atoms with van der Waals surface area (Å²) in [6.45, 7) is 0.596. The Morgan fingerprint density at radius 2 is 1.25 bits per heavy atom. The second-order valence-electron chi connectivity index (χ2n) is 8.37. The Balaban J connectivity index is 1.52. The Kier molecular flexibility index (Phi) is 7.71. The van der Waals surface area contributed by atoms with Crippen LogP contribution in [-0.4, -0.2) is 33.4 Å². The number of sulfonamides is 1. The summed E-state index contributed by atoms with van der Waals surface area (Å²) >= 11 is 0. The topological polar surface area (TPSA) is 66.9 Å². The molecule has 7 heteroatoms. The van der Waals surface area contributed by atoms with Crippen LogP contribution >= 0.6 is 0 Å². The van der Waals surface area contributed by atoms with Crippen LogP contribution in [0.1, 0.15) is 21.5 Å². The highest BCUT2D eigenvalue weighted by Gasteiger charge is 2.25. The van der Waals surface area contributed by atoms with Gasteiger partial charge < -0.3 is 9.64 Å². The molecule has 0 atom stereocenters. The minimum absolute atomic E-state index is 0.116. The van der Waals surface area contributed by atoms with Crippen LogP contribution in [0.4, 0.5) is 5.69 Å². The summed E-state index contributed by atoms with van der Waals surface area (Å²) in [5.41, 5.74) is 2.87. The molecule has 6 nitrogen and oxygen atoms in total. The van der Waals surface area contributed by atoms with Gasteiger partial charge in [0.1, 0.15) is 5.75 Å². The van der Waals surface area contributed by atoms with Crippen LogP contribution in [0.25, 0.3) is 0 Å². The number of rotatable bonds is 9. The molecule has 0 aromatic heterocycles. The highest BCUT2D eigenvalue weighted by molar-refractivity contribution is 7.92. The monoisotopic (exact) mass is 500 g/mol. The average Bonchev–Trinajstić information content (AvgIpc) is 2.93. The molecule has 0 unspecified atom stereocenters. The van der Waals surface area contributed by atoms with E-state index in [9.17, 15) is 13.2 Å². The molecule has 0 fully saturated rings. The zero-order chi connectivity index (χ0) is 25.5. The maximum Gasteiger partial charge on any atom is 0.264 e. The van der Waals surface area contributed by atoms with Gasteiger partial charge in [-0.3, -0.25) is 9.10 Å². The molecular formula is C29H28N2O4S. The SMILES string of the molecule is COc1ccc(CN(C)C(=O)c2ccc(CN(c3ccccc3)S(=O)(=O)c3ccccc3)cc2)cc1. The summed E-state index contributed by atoms with van der Waals surface area (Å²) in [7, 11) is -0.413. The number of carbonyl (C=O) groups excluding carboxylic acids is 1. The van der Waals surface area contributed by atoms with E-state index in [4.69, 9.17) is 4.74 Å². The average molecular weight is 501 g/mol. The molecule has 0 N–H and O–H groups in total. The van der Waals surface area contributed by atoms with Gasteiger partial charge in [0.05, 0.1) is 24.2 Å². The van der Waals surface area contributed by atoms with E-state index in [0.717, 1.165) is 16.9 Å². The number of para-hydroxylation sites is 1. The molecule has 36 heavy (non-hydrogen) atoms. The third-order valence-corrected chi connectivity index (χ3v) is 7.62. The fraction of sp³-hybridized carbons (Fsp3) is 0.138. The van der Waals surface area contributed by atoms with Crippen molar-refractivity contribution in [3.05, 3.63) is 126 Å². The predicted molar refractivity (Wildman–Crippen MR) is 141 cm³/mol. The molecule has 0 bridgehead atoms. The number of carbonyl (C=O) groups is 1. The van der Waals surface area contributed by atoms with E-state index in [1.165, 1.54) is 4.31 Å². The van der Waals surface area contributed by atoms with Gasteiger partial charge in [0.15, 0.2) is 0 Å². The van der Waals surface area contributed by atoms with E-state index < -0.39 is 10.0 Å². The zero-order valence-electron chi connectivity index (χ0n) is 20.2. The van der Waals surface area contributed by atoms with Crippen LogP contribution in [0, 0.1) is 0 Å². The highest BCUT2D eigenvalue weighted by Crippen LogP contribution is 2.26. The van der Waals surface area contributed by atoms with Crippen molar-refractivity contribution in [1.29, 1.82) is 0 Å². The van der Waals surface area contributed by atoms with E-state index in [1.807, 2.05) is 42.5 Å². The van der Waals surface area contributed by atoms with Crippen LogP contribution in [-0.2, 0) is 23.1 Å². The second-order valence-corrected chi connectivity index (χ2v) is 10.2. The number of hydrogen-bond donors (Lipinski definition) is 0. The van der Waals surface area contributed by atoms with Gasteiger partial charge in [-0.25, -0.2) is 8.42 Å². The fourth-order valence-corrected chi connectivity index (χ4v) is 5.32. The molecule has 0 aliphatic rings. The minimum Gasteiger partial charge on any atom is -0.497 e. The summed E-state index contributed by atoms with van der Waals surface area (Å²) in [4.78, 5) is 14.8. The smallest absolute Gasteiger partial charge is 0.264 e. The molecule has 0 saturated carbocycles. The summed E-state index contributed by atoms with van der Waals surface area (Å²) in [5.74, 6) is 0.649. The number of hydrogen-bond acceptors (Lipinski definition) is 4. The van der Waals surface area contributed by atoms with E-state index >= 15 is 0 Å². The van der Waals surface area contributed by atoms with Gasteiger partial charge in [0, 0.05) is 19.2 Å². The lowest BCUT2D eigenvalue weighted by atomic mass is 10.1. The predicted octanol–water partition coefficient (Wildman–Crippen LogP) is 5.36.